The predicted octanol–water partition coefficient (Wildman–Crippen LogP) is 4.17. The molecule has 27 heavy (non-hydrogen) atoms. The monoisotopic (exact) mass is 373 g/mol. The van der Waals surface area contributed by atoms with Crippen LogP contribution in [0.4, 0.5) is 4.39 Å². The van der Waals surface area contributed by atoms with Crippen molar-refractivity contribution in [3.05, 3.63) is 72.1 Å². The van der Waals surface area contributed by atoms with Gasteiger partial charge in [-0.25, -0.2) is 4.39 Å². The minimum atomic E-state index is -0.472. The Morgan fingerprint density at radius 3 is 2.48 bits per heavy atom. The molecule has 5 heteroatoms. The van der Waals surface area contributed by atoms with Crippen molar-refractivity contribution >= 4 is 0 Å². The molecule has 0 unspecified atom stereocenters. The van der Waals surface area contributed by atoms with Gasteiger partial charge >= 0.3 is 0 Å². The van der Waals surface area contributed by atoms with Crippen molar-refractivity contribution < 1.29 is 19.0 Å². The van der Waals surface area contributed by atoms with Gasteiger partial charge < -0.3 is 14.6 Å². The van der Waals surface area contributed by atoms with Crippen LogP contribution in [0.2, 0.25) is 0 Å². The van der Waals surface area contributed by atoms with Crippen LogP contribution in [0.15, 0.2) is 55.1 Å². The number of aliphatic hydroxyl groups is 1. The highest BCUT2D eigenvalue weighted by Gasteiger charge is 2.17. The van der Waals surface area contributed by atoms with Crippen LogP contribution >= 0.6 is 0 Å². The second-order valence-corrected chi connectivity index (χ2v) is 6.47. The largest absolute Gasteiger partial charge is 0.493 e. The maximum absolute atomic E-state index is 13.2. The number of hydrogen-bond donors (Lipinski definition) is 1. The Balaban J connectivity index is 2.20. The quantitative estimate of drug-likeness (QED) is 0.600. The normalized spacial score (nSPS) is 12.0. The maximum atomic E-state index is 13.2. The van der Waals surface area contributed by atoms with Crippen molar-refractivity contribution in [1.29, 1.82) is 0 Å². The van der Waals surface area contributed by atoms with E-state index in [2.05, 4.69) is 11.5 Å². The average molecular weight is 373 g/mol. The smallest absolute Gasteiger partial charge is 0.165 e. The van der Waals surface area contributed by atoms with E-state index in [1.165, 1.54) is 12.1 Å². The van der Waals surface area contributed by atoms with Gasteiger partial charge in [0, 0.05) is 25.2 Å². The van der Waals surface area contributed by atoms with Crippen LogP contribution in [0.5, 0.6) is 11.5 Å². The molecule has 4 nitrogen and oxygen atoms in total. The molecule has 0 saturated heterocycles. The van der Waals surface area contributed by atoms with Crippen LogP contribution < -0.4 is 9.47 Å². The molecule has 146 valence electrons. The Bertz CT molecular complexity index is 718. The number of benzene rings is 2. The van der Waals surface area contributed by atoms with Gasteiger partial charge in [0.15, 0.2) is 11.5 Å². The summed E-state index contributed by atoms with van der Waals surface area (Å²) in [5.41, 5.74) is 1.95. The molecular formula is C22H28FNO3. The highest BCUT2D eigenvalue weighted by molar-refractivity contribution is 5.46. The standard InChI is InChI=1S/C22H28FNO3/c1-4-5-8-20(25)16-24(14-17-10-12-19(23)13-11-17)15-18-7-6-9-21(26-2)22(18)27-3/h4,6-7,9-13,20,25H,1,5,8,14-16H2,2-3H3/t20-/m1/s1. The third-order valence-corrected chi connectivity index (χ3v) is 4.37. The first-order valence-electron chi connectivity index (χ1n) is 9.03. The minimum absolute atomic E-state index is 0.259. The zero-order valence-electron chi connectivity index (χ0n) is 16.0. The van der Waals surface area contributed by atoms with E-state index >= 15 is 0 Å². The van der Waals surface area contributed by atoms with Crippen LogP contribution in [0.1, 0.15) is 24.0 Å². The lowest BCUT2D eigenvalue weighted by Gasteiger charge is -2.26. The van der Waals surface area contributed by atoms with Gasteiger partial charge in [-0.1, -0.05) is 30.3 Å². The van der Waals surface area contributed by atoms with E-state index in [4.69, 9.17) is 9.47 Å². The third kappa shape index (κ3) is 6.38. The van der Waals surface area contributed by atoms with Gasteiger partial charge in [0.1, 0.15) is 5.82 Å². The Hall–Kier alpha value is -2.37. The van der Waals surface area contributed by atoms with Crippen molar-refractivity contribution in [3.63, 3.8) is 0 Å². The molecular weight excluding hydrogens is 345 g/mol. The number of halogens is 1. The summed E-state index contributed by atoms with van der Waals surface area (Å²) in [6.07, 6.45) is 2.74. The number of aliphatic hydroxyl groups excluding tert-OH is 1. The first-order chi connectivity index (χ1) is 13.1. The number of rotatable bonds is 11. The summed E-state index contributed by atoms with van der Waals surface area (Å²) < 4.78 is 24.1. The number of nitrogens with zero attached hydrogens (tertiary/aromatic N) is 1. The van der Waals surface area contributed by atoms with E-state index in [1.54, 1.807) is 32.4 Å². The predicted molar refractivity (Wildman–Crippen MR) is 105 cm³/mol. The summed E-state index contributed by atoms with van der Waals surface area (Å²) in [6, 6.07) is 12.2. The van der Waals surface area contributed by atoms with Crippen molar-refractivity contribution in [2.45, 2.75) is 32.0 Å². The lowest BCUT2D eigenvalue weighted by atomic mass is 10.1. The molecule has 0 saturated carbocycles. The molecule has 0 radical (unpaired) electrons. The number of methoxy groups -OCH3 is 2. The molecule has 0 bridgehead atoms. The van der Waals surface area contributed by atoms with Gasteiger partial charge in [-0.05, 0) is 36.6 Å². The summed E-state index contributed by atoms with van der Waals surface area (Å²) in [4.78, 5) is 2.12. The summed E-state index contributed by atoms with van der Waals surface area (Å²) in [6.45, 7) is 5.36. The first kappa shape index (κ1) is 20.9. The summed E-state index contributed by atoms with van der Waals surface area (Å²) in [5, 5.41) is 10.4. The number of hydrogen-bond acceptors (Lipinski definition) is 4. The molecule has 2 aromatic rings. The number of para-hydroxylation sites is 1. The fourth-order valence-electron chi connectivity index (χ4n) is 3.05. The molecule has 0 amide bonds. The Morgan fingerprint density at radius 2 is 1.85 bits per heavy atom. The second kappa shape index (κ2) is 10.7. The van der Waals surface area contributed by atoms with E-state index in [0.717, 1.165) is 17.5 Å². The molecule has 2 rings (SSSR count). The van der Waals surface area contributed by atoms with E-state index in [1.807, 2.05) is 18.2 Å². The minimum Gasteiger partial charge on any atom is -0.493 e. The molecule has 0 heterocycles. The van der Waals surface area contributed by atoms with E-state index in [0.29, 0.717) is 37.6 Å². The Morgan fingerprint density at radius 1 is 1.11 bits per heavy atom. The van der Waals surface area contributed by atoms with Gasteiger partial charge in [0.05, 0.1) is 20.3 Å². The highest BCUT2D eigenvalue weighted by Crippen LogP contribution is 2.31. The maximum Gasteiger partial charge on any atom is 0.165 e. The van der Waals surface area contributed by atoms with Crippen molar-refractivity contribution in [2.24, 2.45) is 0 Å². The van der Waals surface area contributed by atoms with E-state index in [9.17, 15) is 9.50 Å². The topological polar surface area (TPSA) is 41.9 Å². The van der Waals surface area contributed by atoms with Crippen molar-refractivity contribution in [2.75, 3.05) is 20.8 Å². The van der Waals surface area contributed by atoms with Gasteiger partial charge in [-0.15, -0.1) is 6.58 Å². The zero-order valence-corrected chi connectivity index (χ0v) is 16.0. The van der Waals surface area contributed by atoms with Gasteiger partial charge in [0.2, 0.25) is 0 Å². The Kier molecular flexibility index (Phi) is 8.30. The van der Waals surface area contributed by atoms with E-state index < -0.39 is 6.10 Å². The lowest BCUT2D eigenvalue weighted by Crippen LogP contribution is -2.32. The summed E-state index contributed by atoms with van der Waals surface area (Å²) >= 11 is 0. The molecule has 2 aromatic carbocycles. The molecule has 0 aromatic heterocycles. The molecule has 1 N–H and O–H groups in total. The van der Waals surface area contributed by atoms with Crippen LogP contribution in [-0.4, -0.2) is 36.9 Å². The average Bonchev–Trinajstić information content (AvgIpc) is 2.67. The van der Waals surface area contributed by atoms with Gasteiger partial charge in [0.25, 0.3) is 0 Å². The third-order valence-electron chi connectivity index (χ3n) is 4.37. The van der Waals surface area contributed by atoms with Crippen LogP contribution in [0, 0.1) is 5.82 Å². The number of ether oxygens (including phenoxy) is 2. The highest BCUT2D eigenvalue weighted by atomic mass is 19.1. The molecule has 0 aliphatic heterocycles. The van der Waals surface area contributed by atoms with Crippen molar-refractivity contribution in [3.8, 4) is 11.5 Å². The zero-order chi connectivity index (χ0) is 19.6. The molecule has 0 aliphatic carbocycles. The van der Waals surface area contributed by atoms with Crippen LogP contribution in [0.25, 0.3) is 0 Å². The van der Waals surface area contributed by atoms with Crippen LogP contribution in [0.3, 0.4) is 0 Å². The number of allylic oxidation sites excluding steroid dienone is 1. The fourth-order valence-corrected chi connectivity index (χ4v) is 3.05. The Labute approximate surface area is 160 Å². The molecule has 0 fully saturated rings. The van der Waals surface area contributed by atoms with Crippen LogP contribution in [-0.2, 0) is 13.1 Å². The first-order valence-corrected chi connectivity index (χ1v) is 9.03. The lowest BCUT2D eigenvalue weighted by molar-refractivity contribution is 0.0978. The molecule has 0 spiro atoms. The second-order valence-electron chi connectivity index (χ2n) is 6.47. The fraction of sp³-hybridized carbons (Fsp3) is 0.364. The molecule has 1 atom stereocenters. The van der Waals surface area contributed by atoms with Crippen molar-refractivity contribution in [1.82, 2.24) is 4.90 Å². The van der Waals surface area contributed by atoms with Gasteiger partial charge in [-0.2, -0.15) is 0 Å². The van der Waals surface area contributed by atoms with E-state index in [-0.39, 0.29) is 5.82 Å². The molecule has 0 aliphatic rings. The SMILES string of the molecule is C=CCC[C@@H](O)CN(Cc1ccc(F)cc1)Cc1cccc(OC)c1OC. The summed E-state index contributed by atoms with van der Waals surface area (Å²) in [5.74, 6) is 1.10. The summed E-state index contributed by atoms with van der Waals surface area (Å²) in [7, 11) is 3.22. The van der Waals surface area contributed by atoms with Gasteiger partial charge in [-0.3, -0.25) is 4.90 Å².